The van der Waals surface area contributed by atoms with Crippen molar-refractivity contribution in [3.8, 4) is 11.4 Å². The molecule has 0 radical (unpaired) electrons. The Morgan fingerprint density at radius 3 is 2.42 bits per heavy atom. The van der Waals surface area contributed by atoms with Gasteiger partial charge in [0.25, 0.3) is 5.92 Å². The van der Waals surface area contributed by atoms with Gasteiger partial charge in [-0.05, 0) is 0 Å². The number of hydrogen-bond acceptors (Lipinski definition) is 3. The third kappa shape index (κ3) is 2.51. The predicted octanol–water partition coefficient (Wildman–Crippen LogP) is 3.25. The second kappa shape index (κ2) is 4.42. The molecular formula is C13H10ClF2N3. The lowest BCUT2D eigenvalue weighted by molar-refractivity contribution is -0.0267. The van der Waals surface area contributed by atoms with Crippen LogP contribution in [0.15, 0.2) is 36.4 Å². The number of rotatable bonds is 2. The molecule has 0 saturated carbocycles. The Kier molecular flexibility index (Phi) is 2.86. The summed E-state index contributed by atoms with van der Waals surface area (Å²) >= 11 is 5.93. The predicted molar refractivity (Wildman–Crippen MR) is 69.6 cm³/mol. The Morgan fingerprint density at radius 2 is 1.79 bits per heavy atom. The van der Waals surface area contributed by atoms with Gasteiger partial charge in [0.05, 0.1) is 13.1 Å². The van der Waals surface area contributed by atoms with Crippen LogP contribution in [0.5, 0.6) is 0 Å². The average molecular weight is 282 g/mol. The molecule has 1 fully saturated rings. The molecule has 1 saturated heterocycles. The fourth-order valence-corrected chi connectivity index (χ4v) is 2.14. The highest BCUT2D eigenvalue weighted by atomic mass is 35.5. The van der Waals surface area contributed by atoms with Crippen LogP contribution in [0, 0.1) is 0 Å². The average Bonchev–Trinajstić information content (AvgIpc) is 2.36. The van der Waals surface area contributed by atoms with Crippen molar-refractivity contribution in [2.75, 3.05) is 18.0 Å². The fraction of sp³-hybridized carbons (Fsp3) is 0.231. The standard InChI is InChI=1S/C13H10ClF2N3/c14-10-6-11(19-7-13(15,16)8-19)18-12(17-10)9-4-2-1-3-5-9/h1-6H,7-8H2. The minimum Gasteiger partial charge on any atom is -0.344 e. The van der Waals surface area contributed by atoms with Crippen molar-refractivity contribution in [2.45, 2.75) is 5.92 Å². The van der Waals surface area contributed by atoms with E-state index in [0.717, 1.165) is 5.56 Å². The third-order valence-corrected chi connectivity index (χ3v) is 3.08. The molecule has 3 rings (SSSR count). The summed E-state index contributed by atoms with van der Waals surface area (Å²) in [6.45, 7) is -0.650. The number of benzene rings is 1. The minimum absolute atomic E-state index is 0.249. The van der Waals surface area contributed by atoms with Crippen LogP contribution in [0.3, 0.4) is 0 Å². The van der Waals surface area contributed by atoms with Crippen LogP contribution in [0.1, 0.15) is 0 Å². The summed E-state index contributed by atoms with van der Waals surface area (Å²) in [6.07, 6.45) is 0. The van der Waals surface area contributed by atoms with Gasteiger partial charge in [-0.1, -0.05) is 41.9 Å². The summed E-state index contributed by atoms with van der Waals surface area (Å²) < 4.78 is 25.8. The van der Waals surface area contributed by atoms with Crippen molar-refractivity contribution >= 4 is 17.4 Å². The van der Waals surface area contributed by atoms with Crippen molar-refractivity contribution in [2.24, 2.45) is 0 Å². The Morgan fingerprint density at radius 1 is 1.11 bits per heavy atom. The summed E-state index contributed by atoms with van der Waals surface area (Å²) in [5, 5.41) is 0.249. The van der Waals surface area contributed by atoms with Crippen LogP contribution in [-0.4, -0.2) is 29.0 Å². The van der Waals surface area contributed by atoms with Crippen LogP contribution in [-0.2, 0) is 0 Å². The first-order valence-electron chi connectivity index (χ1n) is 5.76. The monoisotopic (exact) mass is 281 g/mol. The van der Waals surface area contributed by atoms with E-state index in [0.29, 0.717) is 11.6 Å². The van der Waals surface area contributed by atoms with E-state index in [1.54, 1.807) is 0 Å². The van der Waals surface area contributed by atoms with Crippen LogP contribution < -0.4 is 4.90 Å². The van der Waals surface area contributed by atoms with Gasteiger partial charge in [0, 0.05) is 11.6 Å². The van der Waals surface area contributed by atoms with Crippen LogP contribution in [0.2, 0.25) is 5.15 Å². The molecule has 0 amide bonds. The summed E-state index contributed by atoms with van der Waals surface area (Å²) in [5.41, 5.74) is 0.804. The lowest BCUT2D eigenvalue weighted by atomic mass is 10.1. The first-order valence-corrected chi connectivity index (χ1v) is 6.14. The molecule has 0 N–H and O–H groups in total. The molecule has 1 aliphatic heterocycles. The summed E-state index contributed by atoms with van der Waals surface area (Å²) in [7, 11) is 0. The number of nitrogens with zero attached hydrogens (tertiary/aromatic N) is 3. The first kappa shape index (κ1) is 12.3. The van der Waals surface area contributed by atoms with Crippen molar-refractivity contribution < 1.29 is 8.78 Å². The van der Waals surface area contributed by atoms with Crippen molar-refractivity contribution in [3.05, 3.63) is 41.6 Å². The molecule has 1 aromatic carbocycles. The number of alkyl halides is 2. The zero-order chi connectivity index (χ0) is 13.5. The number of aromatic nitrogens is 2. The maximum Gasteiger partial charge on any atom is 0.282 e. The first-order chi connectivity index (χ1) is 9.03. The van der Waals surface area contributed by atoms with Crippen LogP contribution in [0.25, 0.3) is 11.4 Å². The van der Waals surface area contributed by atoms with E-state index >= 15 is 0 Å². The summed E-state index contributed by atoms with van der Waals surface area (Å²) in [5.74, 6) is -1.76. The highest BCUT2D eigenvalue weighted by Crippen LogP contribution is 2.32. The maximum atomic E-state index is 12.9. The van der Waals surface area contributed by atoms with Gasteiger partial charge >= 0.3 is 0 Å². The van der Waals surface area contributed by atoms with Crippen LogP contribution in [0.4, 0.5) is 14.6 Å². The van der Waals surface area contributed by atoms with E-state index < -0.39 is 5.92 Å². The maximum absolute atomic E-state index is 12.9. The Bertz CT molecular complexity index is 596. The normalized spacial score (nSPS) is 17.1. The quantitative estimate of drug-likeness (QED) is 0.791. The number of hydrogen-bond donors (Lipinski definition) is 0. The molecule has 98 valence electrons. The van der Waals surface area contributed by atoms with Crippen molar-refractivity contribution in [1.29, 1.82) is 0 Å². The topological polar surface area (TPSA) is 29.0 Å². The molecule has 6 heteroatoms. The van der Waals surface area contributed by atoms with E-state index in [1.165, 1.54) is 11.0 Å². The van der Waals surface area contributed by atoms with Gasteiger partial charge in [0.1, 0.15) is 11.0 Å². The van der Waals surface area contributed by atoms with E-state index in [4.69, 9.17) is 11.6 Å². The molecule has 0 aliphatic carbocycles. The second-order valence-corrected chi connectivity index (χ2v) is 4.84. The van der Waals surface area contributed by atoms with Gasteiger partial charge in [-0.3, -0.25) is 0 Å². The number of halogens is 3. The van der Waals surface area contributed by atoms with Gasteiger partial charge in [-0.2, -0.15) is 0 Å². The fourth-order valence-electron chi connectivity index (χ4n) is 1.96. The van der Waals surface area contributed by atoms with E-state index in [2.05, 4.69) is 9.97 Å². The Labute approximate surface area is 113 Å². The van der Waals surface area contributed by atoms with Crippen molar-refractivity contribution in [1.82, 2.24) is 9.97 Å². The molecule has 0 unspecified atom stereocenters. The van der Waals surface area contributed by atoms with E-state index in [9.17, 15) is 8.78 Å². The van der Waals surface area contributed by atoms with Crippen LogP contribution >= 0.6 is 11.6 Å². The molecule has 3 nitrogen and oxygen atoms in total. The Hall–Kier alpha value is -1.75. The molecule has 0 atom stereocenters. The molecule has 1 aliphatic rings. The Balaban J connectivity index is 1.94. The van der Waals surface area contributed by atoms with Crippen molar-refractivity contribution in [3.63, 3.8) is 0 Å². The minimum atomic E-state index is -2.63. The second-order valence-electron chi connectivity index (χ2n) is 4.45. The molecule has 19 heavy (non-hydrogen) atoms. The molecule has 0 spiro atoms. The lowest BCUT2D eigenvalue weighted by Gasteiger charge is -2.39. The molecule has 2 aromatic rings. The highest BCUT2D eigenvalue weighted by Gasteiger charge is 2.44. The number of anilines is 1. The van der Waals surface area contributed by atoms with E-state index in [-0.39, 0.29) is 18.2 Å². The van der Waals surface area contributed by atoms with Gasteiger partial charge in [-0.15, -0.1) is 0 Å². The zero-order valence-corrected chi connectivity index (χ0v) is 10.6. The van der Waals surface area contributed by atoms with Gasteiger partial charge in [0.2, 0.25) is 0 Å². The zero-order valence-electron chi connectivity index (χ0n) is 9.85. The highest BCUT2D eigenvalue weighted by molar-refractivity contribution is 6.29. The molecule has 0 bridgehead atoms. The third-order valence-electron chi connectivity index (χ3n) is 2.88. The summed E-state index contributed by atoms with van der Waals surface area (Å²) in [6, 6.07) is 10.8. The van der Waals surface area contributed by atoms with Gasteiger partial charge < -0.3 is 4.90 Å². The largest absolute Gasteiger partial charge is 0.344 e. The molecular weight excluding hydrogens is 272 g/mol. The molecule has 2 heterocycles. The SMILES string of the molecule is FC1(F)CN(c2cc(Cl)nc(-c3ccccc3)n2)C1. The smallest absolute Gasteiger partial charge is 0.282 e. The van der Waals surface area contributed by atoms with Gasteiger partial charge in [-0.25, -0.2) is 18.7 Å². The van der Waals surface area contributed by atoms with E-state index in [1.807, 2.05) is 30.3 Å². The summed E-state index contributed by atoms with van der Waals surface area (Å²) in [4.78, 5) is 9.90. The lowest BCUT2D eigenvalue weighted by Crippen LogP contribution is -2.56. The molecule has 1 aromatic heterocycles. The van der Waals surface area contributed by atoms with Gasteiger partial charge in [0.15, 0.2) is 5.82 Å².